The van der Waals surface area contributed by atoms with Gasteiger partial charge in [0.05, 0.1) is 6.61 Å². The number of rotatable bonds is 5. The van der Waals surface area contributed by atoms with Gasteiger partial charge in [0.1, 0.15) is 5.75 Å². The number of halogens is 1. The summed E-state index contributed by atoms with van der Waals surface area (Å²) in [5.74, 6) is 1.09. The highest BCUT2D eigenvalue weighted by Gasteiger charge is 2.23. The molecule has 0 saturated carbocycles. The molecule has 0 bridgehead atoms. The third kappa shape index (κ3) is 3.03. The van der Waals surface area contributed by atoms with Crippen molar-refractivity contribution in [2.45, 2.75) is 18.8 Å². The van der Waals surface area contributed by atoms with E-state index in [4.69, 9.17) is 21.9 Å². The maximum atomic E-state index is 8.53. The predicted molar refractivity (Wildman–Crippen MR) is 87.6 cm³/mol. The topological polar surface area (TPSA) is 58.0 Å². The Morgan fingerprint density at radius 3 is 2.95 bits per heavy atom. The molecule has 4 nitrogen and oxygen atoms in total. The van der Waals surface area contributed by atoms with E-state index in [-0.39, 0.29) is 5.92 Å². The van der Waals surface area contributed by atoms with Crippen LogP contribution in [0.3, 0.4) is 0 Å². The molecule has 0 aliphatic carbocycles. The van der Waals surface area contributed by atoms with Crippen LogP contribution in [0.4, 0.5) is 0 Å². The molecule has 0 amide bonds. The Bertz CT molecular complexity index is 726. The van der Waals surface area contributed by atoms with Crippen molar-refractivity contribution in [2.75, 3.05) is 13.2 Å². The van der Waals surface area contributed by atoms with E-state index in [9.17, 15) is 0 Å². The summed E-state index contributed by atoms with van der Waals surface area (Å²) in [5, 5.41) is 4.39. The zero-order valence-electron chi connectivity index (χ0n) is 12.1. The van der Waals surface area contributed by atoms with Crippen LogP contribution in [-0.2, 0) is 6.42 Å². The maximum Gasteiger partial charge on any atom is 0.126 e. The molecule has 3 rings (SSSR count). The Balaban J connectivity index is 2.02. The van der Waals surface area contributed by atoms with Gasteiger partial charge in [0.25, 0.3) is 0 Å². The fourth-order valence-electron chi connectivity index (χ4n) is 2.97. The van der Waals surface area contributed by atoms with Gasteiger partial charge in [-0.1, -0.05) is 47.0 Å². The molecule has 2 aromatic rings. The van der Waals surface area contributed by atoms with Gasteiger partial charge in [-0.15, -0.1) is 0 Å². The minimum atomic E-state index is 0.109. The predicted octanol–water partition coefficient (Wildman–Crippen LogP) is 5.11. The summed E-state index contributed by atoms with van der Waals surface area (Å²) in [5.41, 5.74) is 12.0. The molecule has 1 heterocycles. The van der Waals surface area contributed by atoms with Crippen molar-refractivity contribution in [1.29, 1.82) is 0 Å². The Hall–Kier alpha value is -2.16. The van der Waals surface area contributed by atoms with Gasteiger partial charge in [-0.05, 0) is 35.2 Å². The van der Waals surface area contributed by atoms with Crippen LogP contribution in [0.5, 0.6) is 5.75 Å². The fourth-order valence-corrected chi connectivity index (χ4v) is 3.17. The highest BCUT2D eigenvalue weighted by atomic mass is 35.5. The Kier molecular flexibility index (Phi) is 4.52. The first-order valence-electron chi connectivity index (χ1n) is 7.30. The third-order valence-electron chi connectivity index (χ3n) is 3.95. The second kappa shape index (κ2) is 6.73. The van der Waals surface area contributed by atoms with Gasteiger partial charge in [-0.2, -0.15) is 0 Å². The van der Waals surface area contributed by atoms with E-state index >= 15 is 0 Å². The average Bonchev–Trinajstić information content (AvgIpc) is 3.00. The van der Waals surface area contributed by atoms with E-state index in [0.717, 1.165) is 36.3 Å². The monoisotopic (exact) mass is 313 g/mol. The van der Waals surface area contributed by atoms with Crippen molar-refractivity contribution < 1.29 is 4.74 Å². The van der Waals surface area contributed by atoms with Gasteiger partial charge in [0.15, 0.2) is 0 Å². The Morgan fingerprint density at radius 2 is 2.14 bits per heavy atom. The summed E-state index contributed by atoms with van der Waals surface area (Å²) in [4.78, 5) is 2.85. The number of hydrogen-bond donors (Lipinski definition) is 0. The van der Waals surface area contributed by atoms with Crippen LogP contribution in [0.25, 0.3) is 10.4 Å². The van der Waals surface area contributed by atoms with Crippen LogP contribution >= 0.6 is 11.6 Å². The Morgan fingerprint density at radius 1 is 1.27 bits per heavy atom. The molecule has 1 atom stereocenters. The number of azide groups is 1. The van der Waals surface area contributed by atoms with Gasteiger partial charge >= 0.3 is 0 Å². The van der Waals surface area contributed by atoms with Crippen molar-refractivity contribution in [2.24, 2.45) is 5.11 Å². The first-order valence-corrected chi connectivity index (χ1v) is 7.68. The summed E-state index contributed by atoms with van der Waals surface area (Å²) >= 11 is 6.14. The lowest BCUT2D eigenvalue weighted by atomic mass is 9.87. The largest absolute Gasteiger partial charge is 0.493 e. The molecule has 112 valence electrons. The van der Waals surface area contributed by atoms with Crippen LogP contribution in [0.2, 0.25) is 5.02 Å². The molecular formula is C17H16ClN3O. The number of benzene rings is 2. The van der Waals surface area contributed by atoms with Crippen LogP contribution in [0.1, 0.15) is 29.0 Å². The zero-order chi connectivity index (χ0) is 15.4. The normalized spacial score (nSPS) is 13.9. The number of hydrogen-bond acceptors (Lipinski definition) is 2. The van der Waals surface area contributed by atoms with E-state index in [2.05, 4.69) is 34.3 Å². The fraction of sp³-hybridized carbons (Fsp3) is 0.294. The molecule has 5 heteroatoms. The second-order valence-corrected chi connectivity index (χ2v) is 5.72. The van der Waals surface area contributed by atoms with Crippen LogP contribution in [0.15, 0.2) is 47.6 Å². The first-order chi connectivity index (χ1) is 10.8. The summed E-state index contributed by atoms with van der Waals surface area (Å²) < 4.78 is 5.83. The minimum absolute atomic E-state index is 0.109. The quantitative estimate of drug-likeness (QED) is 0.430. The second-order valence-electron chi connectivity index (χ2n) is 5.28. The molecule has 0 radical (unpaired) electrons. The average molecular weight is 314 g/mol. The van der Waals surface area contributed by atoms with Crippen LogP contribution in [0, 0.1) is 0 Å². The van der Waals surface area contributed by atoms with Gasteiger partial charge in [-0.3, -0.25) is 0 Å². The maximum absolute atomic E-state index is 8.53. The standard InChI is InChI=1S/C17H16ClN3O/c18-14-5-1-4-13(11-14)15(7-9-20-21-19)16-6-2-3-12-8-10-22-17(12)16/h1-6,11,15H,7-10H2. The summed E-state index contributed by atoms with van der Waals surface area (Å²) in [6.45, 7) is 1.17. The molecule has 22 heavy (non-hydrogen) atoms. The zero-order valence-corrected chi connectivity index (χ0v) is 12.8. The summed E-state index contributed by atoms with van der Waals surface area (Å²) in [6, 6.07) is 14.1. The number of ether oxygens (including phenoxy) is 1. The number of fused-ring (bicyclic) bond motifs is 1. The third-order valence-corrected chi connectivity index (χ3v) is 4.19. The first kappa shape index (κ1) is 14.8. The Labute approximate surface area is 134 Å². The summed E-state index contributed by atoms with van der Waals surface area (Å²) in [7, 11) is 0. The number of para-hydroxylation sites is 1. The lowest BCUT2D eigenvalue weighted by Gasteiger charge is -2.20. The highest BCUT2D eigenvalue weighted by Crippen LogP contribution is 2.39. The van der Waals surface area contributed by atoms with Crippen molar-refractivity contribution in [1.82, 2.24) is 0 Å². The minimum Gasteiger partial charge on any atom is -0.493 e. The van der Waals surface area contributed by atoms with Crippen molar-refractivity contribution in [3.8, 4) is 5.75 Å². The summed E-state index contributed by atoms with van der Waals surface area (Å²) in [6.07, 6.45) is 1.67. The lowest BCUT2D eigenvalue weighted by molar-refractivity contribution is 0.352. The van der Waals surface area contributed by atoms with E-state index in [1.807, 2.05) is 18.2 Å². The molecule has 0 fully saturated rings. The van der Waals surface area contributed by atoms with E-state index in [0.29, 0.717) is 11.6 Å². The molecule has 2 aromatic carbocycles. The van der Waals surface area contributed by atoms with E-state index < -0.39 is 0 Å². The molecule has 0 aromatic heterocycles. The molecule has 1 unspecified atom stereocenters. The lowest BCUT2D eigenvalue weighted by Crippen LogP contribution is -2.05. The SMILES string of the molecule is [N-]=[N+]=NCCC(c1cccc(Cl)c1)c1cccc2c1OCC2. The molecule has 1 aliphatic heterocycles. The van der Waals surface area contributed by atoms with Gasteiger partial charge in [0.2, 0.25) is 0 Å². The number of nitrogens with zero attached hydrogens (tertiary/aromatic N) is 3. The van der Waals surface area contributed by atoms with Gasteiger partial charge in [0, 0.05) is 34.4 Å². The van der Waals surface area contributed by atoms with Crippen molar-refractivity contribution in [3.05, 3.63) is 74.6 Å². The van der Waals surface area contributed by atoms with Crippen molar-refractivity contribution in [3.63, 3.8) is 0 Å². The smallest absolute Gasteiger partial charge is 0.126 e. The van der Waals surface area contributed by atoms with E-state index in [1.165, 1.54) is 5.56 Å². The molecule has 0 spiro atoms. The van der Waals surface area contributed by atoms with Gasteiger partial charge < -0.3 is 4.74 Å². The van der Waals surface area contributed by atoms with Crippen LogP contribution in [-0.4, -0.2) is 13.2 Å². The van der Waals surface area contributed by atoms with Crippen LogP contribution < -0.4 is 4.74 Å². The highest BCUT2D eigenvalue weighted by molar-refractivity contribution is 6.30. The molecular weight excluding hydrogens is 298 g/mol. The molecule has 1 aliphatic rings. The van der Waals surface area contributed by atoms with Crippen molar-refractivity contribution >= 4 is 11.6 Å². The van der Waals surface area contributed by atoms with E-state index in [1.54, 1.807) is 0 Å². The molecule has 0 N–H and O–H groups in total. The molecule has 0 saturated heterocycles. The van der Waals surface area contributed by atoms with Gasteiger partial charge in [-0.25, -0.2) is 0 Å².